The molecule has 0 radical (unpaired) electrons. The highest BCUT2D eigenvalue weighted by atomic mass is 32.1. The number of H-pyrrole nitrogens is 1. The molecule has 0 unspecified atom stereocenters. The maximum absolute atomic E-state index is 5.98. The number of aromatic amines is 1. The van der Waals surface area contributed by atoms with E-state index >= 15 is 0 Å². The van der Waals surface area contributed by atoms with Crippen LogP contribution in [-0.2, 0) is 13.2 Å². The number of nitrogens with zero attached hydrogens (tertiary/aromatic N) is 2. The molecule has 3 rings (SSSR count). The molecule has 1 aromatic heterocycles. The van der Waals surface area contributed by atoms with Crippen LogP contribution in [0.1, 0.15) is 16.7 Å². The van der Waals surface area contributed by atoms with Crippen molar-refractivity contribution in [2.24, 2.45) is 0 Å². The molecule has 0 amide bonds. The van der Waals surface area contributed by atoms with Gasteiger partial charge in [0, 0.05) is 5.56 Å². The van der Waals surface area contributed by atoms with E-state index in [1.165, 1.54) is 5.56 Å². The fourth-order valence-electron chi connectivity index (χ4n) is 2.28. The summed E-state index contributed by atoms with van der Waals surface area (Å²) in [5.41, 5.74) is 6.64. The monoisotopic (exact) mass is 326 g/mol. The van der Waals surface area contributed by atoms with Crippen LogP contribution < -0.4 is 10.2 Å². The molecule has 0 atom stereocenters. The van der Waals surface area contributed by atoms with Gasteiger partial charge in [0.2, 0.25) is 4.77 Å². The SMILES string of the molecule is Cc1cccc(COc2ccccc2CNn2cn[nH]c2=S)c1. The van der Waals surface area contributed by atoms with Gasteiger partial charge in [-0.15, -0.1) is 0 Å². The molecule has 0 saturated heterocycles. The topological polar surface area (TPSA) is 54.9 Å². The van der Waals surface area contributed by atoms with E-state index in [1.54, 1.807) is 11.0 Å². The summed E-state index contributed by atoms with van der Waals surface area (Å²) in [6, 6.07) is 16.3. The minimum atomic E-state index is 0.531. The van der Waals surface area contributed by atoms with E-state index in [4.69, 9.17) is 17.0 Å². The second-order valence-corrected chi connectivity index (χ2v) is 5.64. The van der Waals surface area contributed by atoms with Crippen LogP contribution in [0.3, 0.4) is 0 Å². The minimum absolute atomic E-state index is 0.531. The van der Waals surface area contributed by atoms with Crippen LogP contribution in [0.25, 0.3) is 0 Å². The zero-order chi connectivity index (χ0) is 16.1. The molecule has 0 fully saturated rings. The van der Waals surface area contributed by atoms with Crippen LogP contribution in [0.15, 0.2) is 54.9 Å². The highest BCUT2D eigenvalue weighted by molar-refractivity contribution is 7.71. The molecule has 1 heterocycles. The molecule has 23 heavy (non-hydrogen) atoms. The summed E-state index contributed by atoms with van der Waals surface area (Å²) in [6.45, 7) is 3.22. The van der Waals surface area contributed by atoms with Gasteiger partial charge >= 0.3 is 0 Å². The zero-order valence-electron chi connectivity index (χ0n) is 12.8. The maximum Gasteiger partial charge on any atom is 0.214 e. The van der Waals surface area contributed by atoms with Crippen molar-refractivity contribution >= 4 is 12.2 Å². The van der Waals surface area contributed by atoms with Gasteiger partial charge in [0.05, 0.1) is 6.54 Å². The van der Waals surface area contributed by atoms with Crippen molar-refractivity contribution in [3.05, 3.63) is 76.3 Å². The fraction of sp³-hybridized carbons (Fsp3) is 0.176. The predicted molar refractivity (Wildman–Crippen MR) is 92.4 cm³/mol. The van der Waals surface area contributed by atoms with E-state index in [9.17, 15) is 0 Å². The van der Waals surface area contributed by atoms with Crippen LogP contribution in [0, 0.1) is 11.7 Å². The summed E-state index contributed by atoms with van der Waals surface area (Å²) in [5, 5.41) is 6.59. The first-order chi connectivity index (χ1) is 11.2. The second kappa shape index (κ2) is 7.11. The summed E-state index contributed by atoms with van der Waals surface area (Å²) in [4.78, 5) is 0. The van der Waals surface area contributed by atoms with Crippen LogP contribution in [0.2, 0.25) is 0 Å². The molecule has 2 N–H and O–H groups in total. The molecule has 6 heteroatoms. The van der Waals surface area contributed by atoms with Crippen molar-refractivity contribution in [2.75, 3.05) is 5.43 Å². The highest BCUT2D eigenvalue weighted by Crippen LogP contribution is 2.19. The van der Waals surface area contributed by atoms with Gasteiger partial charge in [-0.3, -0.25) is 5.10 Å². The summed E-state index contributed by atoms with van der Waals surface area (Å²) in [5.74, 6) is 0.858. The maximum atomic E-state index is 5.98. The minimum Gasteiger partial charge on any atom is -0.489 e. The molecule has 0 aliphatic carbocycles. The molecule has 0 aliphatic rings. The Morgan fingerprint density at radius 2 is 2.09 bits per heavy atom. The van der Waals surface area contributed by atoms with Crippen LogP contribution in [0.5, 0.6) is 5.75 Å². The zero-order valence-corrected chi connectivity index (χ0v) is 13.6. The quantitative estimate of drug-likeness (QED) is 0.680. The van der Waals surface area contributed by atoms with E-state index in [0.29, 0.717) is 17.9 Å². The lowest BCUT2D eigenvalue weighted by Gasteiger charge is -2.13. The fourth-order valence-corrected chi connectivity index (χ4v) is 2.45. The third kappa shape index (κ3) is 3.98. The van der Waals surface area contributed by atoms with Crippen LogP contribution in [0.4, 0.5) is 0 Å². The Labute approximate surface area is 139 Å². The summed E-state index contributed by atoms with van der Waals surface area (Å²) >= 11 is 5.11. The van der Waals surface area contributed by atoms with Gasteiger partial charge in [-0.25, -0.2) is 4.68 Å². The first-order valence-electron chi connectivity index (χ1n) is 7.34. The lowest BCUT2D eigenvalue weighted by Crippen LogP contribution is -2.14. The van der Waals surface area contributed by atoms with E-state index in [0.717, 1.165) is 16.9 Å². The average molecular weight is 326 g/mol. The van der Waals surface area contributed by atoms with Crippen molar-refractivity contribution < 1.29 is 4.74 Å². The number of aryl methyl sites for hydroxylation is 1. The molecular weight excluding hydrogens is 308 g/mol. The predicted octanol–water partition coefficient (Wildman–Crippen LogP) is 3.57. The summed E-state index contributed by atoms with van der Waals surface area (Å²) in [6.07, 6.45) is 1.61. The van der Waals surface area contributed by atoms with E-state index < -0.39 is 0 Å². The Morgan fingerprint density at radius 1 is 1.22 bits per heavy atom. The van der Waals surface area contributed by atoms with E-state index in [-0.39, 0.29) is 0 Å². The van der Waals surface area contributed by atoms with Gasteiger partial charge in [-0.05, 0) is 30.8 Å². The standard InChI is InChI=1S/C17H18N4OS/c1-13-5-4-6-14(9-13)11-22-16-8-3-2-7-15(16)10-19-21-12-18-20-17(21)23/h2-9,12,19H,10-11H2,1H3,(H,20,23). The Bertz CT molecular complexity index is 840. The Hall–Kier alpha value is -2.60. The summed E-state index contributed by atoms with van der Waals surface area (Å²) < 4.78 is 8.18. The van der Waals surface area contributed by atoms with Gasteiger partial charge in [0.15, 0.2) is 0 Å². The van der Waals surface area contributed by atoms with Crippen molar-refractivity contribution in [1.29, 1.82) is 0 Å². The van der Waals surface area contributed by atoms with Crippen LogP contribution >= 0.6 is 12.2 Å². The number of benzene rings is 2. The van der Waals surface area contributed by atoms with E-state index in [2.05, 4.69) is 40.7 Å². The van der Waals surface area contributed by atoms with Crippen molar-refractivity contribution in [1.82, 2.24) is 14.9 Å². The third-order valence-electron chi connectivity index (χ3n) is 3.44. The normalized spacial score (nSPS) is 10.5. The molecule has 118 valence electrons. The molecule has 0 saturated carbocycles. The highest BCUT2D eigenvalue weighted by Gasteiger charge is 2.04. The van der Waals surface area contributed by atoms with Gasteiger partial charge in [-0.1, -0.05) is 48.0 Å². The van der Waals surface area contributed by atoms with Gasteiger partial charge in [-0.2, -0.15) is 5.10 Å². The Balaban J connectivity index is 1.68. The van der Waals surface area contributed by atoms with Gasteiger partial charge < -0.3 is 10.2 Å². The van der Waals surface area contributed by atoms with Gasteiger partial charge in [0.1, 0.15) is 18.7 Å². The molecule has 0 spiro atoms. The largest absolute Gasteiger partial charge is 0.489 e. The number of nitrogens with one attached hydrogen (secondary N) is 2. The third-order valence-corrected chi connectivity index (χ3v) is 3.73. The molecule has 0 bridgehead atoms. The average Bonchev–Trinajstić information content (AvgIpc) is 2.97. The van der Waals surface area contributed by atoms with E-state index in [1.807, 2.05) is 30.3 Å². The lowest BCUT2D eigenvalue weighted by atomic mass is 10.1. The summed E-state index contributed by atoms with van der Waals surface area (Å²) in [7, 11) is 0. The van der Waals surface area contributed by atoms with Crippen molar-refractivity contribution in [3.8, 4) is 5.75 Å². The number of aromatic nitrogens is 3. The second-order valence-electron chi connectivity index (χ2n) is 5.25. The van der Waals surface area contributed by atoms with Gasteiger partial charge in [0.25, 0.3) is 0 Å². The number of hydrogen-bond donors (Lipinski definition) is 2. The Kier molecular flexibility index (Phi) is 4.73. The smallest absolute Gasteiger partial charge is 0.214 e. The molecule has 5 nitrogen and oxygen atoms in total. The Morgan fingerprint density at radius 3 is 2.87 bits per heavy atom. The molecule has 0 aliphatic heterocycles. The van der Waals surface area contributed by atoms with Crippen LogP contribution in [-0.4, -0.2) is 14.9 Å². The molecule has 2 aromatic carbocycles. The number of hydrogen-bond acceptors (Lipinski definition) is 4. The lowest BCUT2D eigenvalue weighted by molar-refractivity contribution is 0.303. The first kappa shape index (κ1) is 15.3. The van der Waals surface area contributed by atoms with Crippen molar-refractivity contribution in [2.45, 2.75) is 20.1 Å². The number of para-hydroxylation sites is 1. The first-order valence-corrected chi connectivity index (χ1v) is 7.75. The van der Waals surface area contributed by atoms with Crippen molar-refractivity contribution in [3.63, 3.8) is 0 Å². The molecule has 3 aromatic rings. The molecular formula is C17H18N4OS. The number of ether oxygens (including phenoxy) is 1. The number of rotatable bonds is 6.